The highest BCUT2D eigenvalue weighted by Crippen LogP contribution is 2.26. The van der Waals surface area contributed by atoms with Gasteiger partial charge in [-0.25, -0.2) is 0 Å². The van der Waals surface area contributed by atoms with Crippen molar-refractivity contribution in [3.63, 3.8) is 0 Å². The molecule has 31 heavy (non-hydrogen) atoms. The summed E-state index contributed by atoms with van der Waals surface area (Å²) in [6.07, 6.45) is 0.897. The summed E-state index contributed by atoms with van der Waals surface area (Å²) in [6, 6.07) is 12.1. The van der Waals surface area contributed by atoms with E-state index in [0.29, 0.717) is 59.9 Å². The van der Waals surface area contributed by atoms with Crippen LogP contribution in [-0.4, -0.2) is 54.7 Å². The Balaban J connectivity index is 1.59. The Morgan fingerprint density at radius 3 is 2.65 bits per heavy atom. The summed E-state index contributed by atoms with van der Waals surface area (Å²) in [4.78, 5) is 26.9. The Hall–Kier alpha value is -2.49. The molecule has 164 valence electrons. The Bertz CT molecular complexity index is 964. The maximum absolute atomic E-state index is 12.7. The third-order valence-electron chi connectivity index (χ3n) is 4.55. The molecule has 1 fully saturated rings. The standard InChI is InChI=1S/C22H24BrN3O4S/c1-2-10-30-19-7-6-15(14-18(19)23)20(27)25-22(31)24-17-5-3-4-16(13-17)21(28)26-8-11-29-12-9-26/h3-7,13-14H,2,8-12H2,1H3,(H2,24,25,27,31). The van der Waals surface area contributed by atoms with Gasteiger partial charge < -0.3 is 19.7 Å². The molecule has 0 atom stereocenters. The van der Waals surface area contributed by atoms with E-state index in [2.05, 4.69) is 26.6 Å². The van der Waals surface area contributed by atoms with Gasteiger partial charge in [-0.05, 0) is 71.0 Å². The predicted octanol–water partition coefficient (Wildman–Crippen LogP) is 3.84. The second-order valence-electron chi connectivity index (χ2n) is 6.89. The van der Waals surface area contributed by atoms with Gasteiger partial charge in [-0.3, -0.25) is 14.9 Å². The van der Waals surface area contributed by atoms with Gasteiger partial charge in [0.15, 0.2) is 5.11 Å². The van der Waals surface area contributed by atoms with E-state index in [-0.39, 0.29) is 16.9 Å². The summed E-state index contributed by atoms with van der Waals surface area (Å²) < 4.78 is 11.6. The first kappa shape index (κ1) is 23.2. The molecule has 2 amide bonds. The zero-order chi connectivity index (χ0) is 22.2. The quantitative estimate of drug-likeness (QED) is 0.580. The zero-order valence-corrected chi connectivity index (χ0v) is 19.6. The molecule has 0 saturated carbocycles. The van der Waals surface area contributed by atoms with Crippen LogP contribution in [0.5, 0.6) is 5.75 Å². The molecule has 1 saturated heterocycles. The van der Waals surface area contributed by atoms with Gasteiger partial charge in [0, 0.05) is 29.9 Å². The molecule has 3 rings (SSSR count). The van der Waals surface area contributed by atoms with E-state index >= 15 is 0 Å². The molecule has 1 aliphatic heterocycles. The third-order valence-corrected chi connectivity index (χ3v) is 5.37. The van der Waals surface area contributed by atoms with Crippen molar-refractivity contribution in [3.05, 3.63) is 58.1 Å². The lowest BCUT2D eigenvalue weighted by molar-refractivity contribution is 0.0303. The molecule has 2 N–H and O–H groups in total. The topological polar surface area (TPSA) is 79.9 Å². The van der Waals surface area contributed by atoms with Gasteiger partial charge in [-0.1, -0.05) is 13.0 Å². The molecule has 0 aliphatic carbocycles. The molecule has 1 aliphatic rings. The molecule has 2 aromatic rings. The van der Waals surface area contributed by atoms with Crippen molar-refractivity contribution in [1.29, 1.82) is 0 Å². The summed E-state index contributed by atoms with van der Waals surface area (Å²) in [6.45, 7) is 4.86. The van der Waals surface area contributed by atoms with E-state index in [1.54, 1.807) is 47.4 Å². The number of anilines is 1. The predicted molar refractivity (Wildman–Crippen MR) is 127 cm³/mol. The van der Waals surface area contributed by atoms with Gasteiger partial charge >= 0.3 is 0 Å². The highest BCUT2D eigenvalue weighted by atomic mass is 79.9. The number of nitrogens with zero attached hydrogens (tertiary/aromatic N) is 1. The Morgan fingerprint density at radius 2 is 1.94 bits per heavy atom. The molecule has 9 heteroatoms. The summed E-state index contributed by atoms with van der Waals surface area (Å²) in [5, 5.41) is 5.76. The van der Waals surface area contributed by atoms with E-state index in [1.807, 2.05) is 6.92 Å². The van der Waals surface area contributed by atoms with Crippen LogP contribution in [0.25, 0.3) is 0 Å². The first-order valence-electron chi connectivity index (χ1n) is 9.99. The Morgan fingerprint density at radius 1 is 1.16 bits per heavy atom. The Labute approximate surface area is 195 Å². The lowest BCUT2D eigenvalue weighted by Crippen LogP contribution is -2.40. The van der Waals surface area contributed by atoms with Crippen LogP contribution < -0.4 is 15.4 Å². The fourth-order valence-corrected chi connectivity index (χ4v) is 3.69. The van der Waals surface area contributed by atoms with Crippen LogP contribution in [0.15, 0.2) is 46.9 Å². The van der Waals surface area contributed by atoms with E-state index < -0.39 is 0 Å². The van der Waals surface area contributed by atoms with Gasteiger partial charge in [0.25, 0.3) is 11.8 Å². The van der Waals surface area contributed by atoms with Crippen LogP contribution in [0.4, 0.5) is 5.69 Å². The number of thiocarbonyl (C=S) groups is 1. The number of rotatable bonds is 6. The van der Waals surface area contributed by atoms with Gasteiger partial charge in [-0.15, -0.1) is 0 Å². The van der Waals surface area contributed by atoms with Gasteiger partial charge in [0.2, 0.25) is 0 Å². The number of morpholine rings is 1. The van der Waals surface area contributed by atoms with E-state index in [1.165, 1.54) is 0 Å². The average molecular weight is 506 g/mol. The molecule has 0 unspecified atom stereocenters. The van der Waals surface area contributed by atoms with Crippen LogP contribution in [0.1, 0.15) is 34.1 Å². The molecule has 2 aromatic carbocycles. The minimum absolute atomic E-state index is 0.0582. The molecule has 1 heterocycles. The van der Waals surface area contributed by atoms with Crippen molar-refractivity contribution in [2.45, 2.75) is 13.3 Å². The number of halogens is 1. The zero-order valence-electron chi connectivity index (χ0n) is 17.2. The lowest BCUT2D eigenvalue weighted by atomic mass is 10.1. The van der Waals surface area contributed by atoms with Crippen molar-refractivity contribution < 1.29 is 19.1 Å². The van der Waals surface area contributed by atoms with Crippen LogP contribution in [-0.2, 0) is 4.74 Å². The molecule has 0 bridgehead atoms. The molecular weight excluding hydrogens is 482 g/mol. The number of carbonyl (C=O) groups excluding carboxylic acids is 2. The lowest BCUT2D eigenvalue weighted by Gasteiger charge is -2.27. The van der Waals surface area contributed by atoms with Crippen LogP contribution in [0, 0.1) is 0 Å². The molecule has 0 radical (unpaired) electrons. The summed E-state index contributed by atoms with van der Waals surface area (Å²) in [5.74, 6) is 0.277. The minimum Gasteiger partial charge on any atom is -0.492 e. The number of carbonyl (C=O) groups is 2. The fourth-order valence-electron chi connectivity index (χ4n) is 2.99. The first-order valence-corrected chi connectivity index (χ1v) is 11.2. The maximum atomic E-state index is 12.7. The van der Waals surface area contributed by atoms with Gasteiger partial charge in [0.1, 0.15) is 5.75 Å². The second kappa shape index (κ2) is 11.2. The summed E-state index contributed by atoms with van der Waals surface area (Å²) in [5.41, 5.74) is 1.61. The van der Waals surface area contributed by atoms with E-state index in [9.17, 15) is 9.59 Å². The number of hydrogen-bond donors (Lipinski definition) is 2. The summed E-state index contributed by atoms with van der Waals surface area (Å²) >= 11 is 8.69. The average Bonchev–Trinajstić information content (AvgIpc) is 2.78. The second-order valence-corrected chi connectivity index (χ2v) is 8.15. The van der Waals surface area contributed by atoms with Crippen LogP contribution >= 0.6 is 28.1 Å². The van der Waals surface area contributed by atoms with E-state index in [0.717, 1.165) is 6.42 Å². The number of benzene rings is 2. The van der Waals surface area contributed by atoms with Crippen LogP contribution in [0.3, 0.4) is 0 Å². The molecular formula is C22H24BrN3O4S. The highest BCUT2D eigenvalue weighted by molar-refractivity contribution is 9.10. The number of ether oxygens (including phenoxy) is 2. The van der Waals surface area contributed by atoms with Gasteiger partial charge in [-0.2, -0.15) is 0 Å². The van der Waals surface area contributed by atoms with Gasteiger partial charge in [0.05, 0.1) is 24.3 Å². The van der Waals surface area contributed by atoms with Crippen molar-refractivity contribution in [3.8, 4) is 5.75 Å². The number of hydrogen-bond acceptors (Lipinski definition) is 5. The van der Waals surface area contributed by atoms with Crippen molar-refractivity contribution >= 4 is 50.8 Å². The minimum atomic E-state index is -0.346. The smallest absolute Gasteiger partial charge is 0.257 e. The van der Waals surface area contributed by atoms with Crippen LogP contribution in [0.2, 0.25) is 0 Å². The Kier molecular flexibility index (Phi) is 8.39. The monoisotopic (exact) mass is 505 g/mol. The first-order chi connectivity index (χ1) is 15.0. The van der Waals surface area contributed by atoms with Crippen molar-refractivity contribution in [1.82, 2.24) is 10.2 Å². The fraction of sp³-hybridized carbons (Fsp3) is 0.318. The number of nitrogens with one attached hydrogen (secondary N) is 2. The van der Waals surface area contributed by atoms with E-state index in [4.69, 9.17) is 21.7 Å². The normalized spacial score (nSPS) is 13.4. The van der Waals surface area contributed by atoms with Crippen molar-refractivity contribution in [2.24, 2.45) is 0 Å². The maximum Gasteiger partial charge on any atom is 0.257 e. The van der Waals surface area contributed by atoms with Crippen molar-refractivity contribution in [2.75, 3.05) is 38.2 Å². The SMILES string of the molecule is CCCOc1ccc(C(=O)NC(=S)Nc2cccc(C(=O)N3CCOCC3)c2)cc1Br. The molecule has 0 spiro atoms. The third kappa shape index (κ3) is 6.49. The largest absolute Gasteiger partial charge is 0.492 e. The molecule has 7 nitrogen and oxygen atoms in total. The molecule has 0 aromatic heterocycles. The highest BCUT2D eigenvalue weighted by Gasteiger charge is 2.19. The summed E-state index contributed by atoms with van der Waals surface area (Å²) in [7, 11) is 0. The number of amides is 2.